The van der Waals surface area contributed by atoms with E-state index >= 15 is 0 Å². The zero-order valence-corrected chi connectivity index (χ0v) is 27.6. The molecule has 0 heterocycles. The van der Waals surface area contributed by atoms with Gasteiger partial charge in [-0.25, -0.2) is 0 Å². The molecule has 0 aliphatic heterocycles. The summed E-state index contributed by atoms with van der Waals surface area (Å²) in [5.41, 5.74) is 0. The van der Waals surface area contributed by atoms with Crippen LogP contribution in [0.5, 0.6) is 0 Å². The first-order chi connectivity index (χ1) is 19.6. The van der Waals surface area contributed by atoms with E-state index in [4.69, 9.17) is 9.47 Å². The number of esters is 2. The summed E-state index contributed by atoms with van der Waals surface area (Å²) < 4.78 is 11.5. The van der Waals surface area contributed by atoms with Gasteiger partial charge in [-0.3, -0.25) is 9.59 Å². The highest BCUT2D eigenvalue weighted by Crippen LogP contribution is 2.19. The highest BCUT2D eigenvalue weighted by Gasteiger charge is 2.14. The highest BCUT2D eigenvalue weighted by atomic mass is 16.5. The molecule has 0 fully saturated rings. The van der Waals surface area contributed by atoms with Crippen LogP contribution >= 0.6 is 0 Å². The molecule has 238 valence electrons. The molecule has 0 aromatic rings. The summed E-state index contributed by atoms with van der Waals surface area (Å²) in [6.45, 7) is 9.49. The van der Waals surface area contributed by atoms with Gasteiger partial charge >= 0.3 is 11.9 Å². The molecule has 0 aromatic heterocycles. The molecule has 0 saturated carbocycles. The highest BCUT2D eigenvalue weighted by molar-refractivity contribution is 5.69. The summed E-state index contributed by atoms with van der Waals surface area (Å²) in [6, 6.07) is 0. The summed E-state index contributed by atoms with van der Waals surface area (Å²) >= 11 is 0. The molecule has 4 heteroatoms. The Morgan fingerprint density at radius 1 is 0.475 bits per heavy atom. The molecule has 40 heavy (non-hydrogen) atoms. The van der Waals surface area contributed by atoms with Crippen LogP contribution in [-0.4, -0.2) is 24.6 Å². The molecule has 0 saturated heterocycles. The second kappa shape index (κ2) is 30.9. The van der Waals surface area contributed by atoms with Crippen molar-refractivity contribution in [2.45, 2.75) is 207 Å². The average molecular weight is 567 g/mol. The Bertz CT molecular complexity index is 547. The standard InChI is InChI=1S/C36H70O4/c1-5-9-12-14-17-22-26-31-36(38)40-34(28-23-13-10-6-2)29-24-20-18-15-16-19-21-25-30-35(37)39-32-33(8-4)27-11-7-3/h33-34H,5-32H2,1-4H3. The summed E-state index contributed by atoms with van der Waals surface area (Å²) in [5, 5.41) is 0. The van der Waals surface area contributed by atoms with Crippen LogP contribution in [0.1, 0.15) is 201 Å². The fraction of sp³-hybridized carbons (Fsp3) is 0.944. The molecule has 0 aliphatic carbocycles. The molecule has 4 nitrogen and oxygen atoms in total. The molecular weight excluding hydrogens is 496 g/mol. The topological polar surface area (TPSA) is 52.6 Å². The van der Waals surface area contributed by atoms with Crippen LogP contribution in [0.3, 0.4) is 0 Å². The fourth-order valence-electron chi connectivity index (χ4n) is 5.42. The number of ether oxygens (including phenoxy) is 2. The smallest absolute Gasteiger partial charge is 0.306 e. The van der Waals surface area contributed by atoms with Crippen molar-refractivity contribution in [1.82, 2.24) is 0 Å². The van der Waals surface area contributed by atoms with Crippen LogP contribution in [0.4, 0.5) is 0 Å². The van der Waals surface area contributed by atoms with Gasteiger partial charge in [-0.2, -0.15) is 0 Å². The lowest BCUT2D eigenvalue weighted by Crippen LogP contribution is -2.18. The first-order valence-electron chi connectivity index (χ1n) is 17.9. The van der Waals surface area contributed by atoms with Gasteiger partial charge in [-0.15, -0.1) is 0 Å². The van der Waals surface area contributed by atoms with Crippen molar-refractivity contribution >= 4 is 11.9 Å². The average Bonchev–Trinajstić information content (AvgIpc) is 2.95. The van der Waals surface area contributed by atoms with Gasteiger partial charge in [0.2, 0.25) is 0 Å². The predicted octanol–water partition coefficient (Wildman–Crippen LogP) is 11.7. The van der Waals surface area contributed by atoms with E-state index in [1.54, 1.807) is 0 Å². The zero-order chi connectivity index (χ0) is 29.5. The first kappa shape index (κ1) is 38.9. The molecule has 0 aliphatic rings. The van der Waals surface area contributed by atoms with Crippen molar-refractivity contribution in [3.63, 3.8) is 0 Å². The molecule has 2 atom stereocenters. The second-order valence-electron chi connectivity index (χ2n) is 12.3. The molecule has 0 bridgehead atoms. The van der Waals surface area contributed by atoms with Crippen molar-refractivity contribution in [2.75, 3.05) is 6.61 Å². The first-order valence-corrected chi connectivity index (χ1v) is 17.9. The lowest BCUT2D eigenvalue weighted by atomic mass is 10.0. The van der Waals surface area contributed by atoms with Gasteiger partial charge in [0.1, 0.15) is 6.10 Å². The SMILES string of the molecule is CCCCCCCCCC(=O)OC(CCCCCC)CCCCCCCCCCC(=O)OCC(CC)CCCC. The maximum Gasteiger partial charge on any atom is 0.306 e. The van der Waals surface area contributed by atoms with E-state index in [0.717, 1.165) is 51.4 Å². The van der Waals surface area contributed by atoms with Crippen LogP contribution in [0.2, 0.25) is 0 Å². The van der Waals surface area contributed by atoms with Gasteiger partial charge in [-0.1, -0.05) is 143 Å². The van der Waals surface area contributed by atoms with E-state index in [9.17, 15) is 9.59 Å². The minimum absolute atomic E-state index is 0.0118. The summed E-state index contributed by atoms with van der Waals surface area (Å²) in [7, 11) is 0. The minimum atomic E-state index is -0.0118. The largest absolute Gasteiger partial charge is 0.465 e. The van der Waals surface area contributed by atoms with Crippen molar-refractivity contribution in [1.29, 1.82) is 0 Å². The third kappa shape index (κ3) is 27.1. The second-order valence-corrected chi connectivity index (χ2v) is 12.3. The molecule has 0 aromatic carbocycles. The van der Waals surface area contributed by atoms with E-state index in [2.05, 4.69) is 27.7 Å². The molecule has 0 N–H and O–H groups in total. The molecule has 0 spiro atoms. The number of rotatable bonds is 31. The van der Waals surface area contributed by atoms with Gasteiger partial charge in [0.25, 0.3) is 0 Å². The molecule has 2 unspecified atom stereocenters. The van der Waals surface area contributed by atoms with Crippen molar-refractivity contribution in [3.8, 4) is 0 Å². The van der Waals surface area contributed by atoms with Gasteiger partial charge < -0.3 is 9.47 Å². The lowest BCUT2D eigenvalue weighted by molar-refractivity contribution is -0.150. The Kier molecular flexibility index (Phi) is 30.1. The Morgan fingerprint density at radius 2 is 0.900 bits per heavy atom. The van der Waals surface area contributed by atoms with E-state index in [1.165, 1.54) is 109 Å². The summed E-state index contributed by atoms with van der Waals surface area (Å²) in [5.74, 6) is 0.545. The fourth-order valence-corrected chi connectivity index (χ4v) is 5.42. The summed E-state index contributed by atoms with van der Waals surface area (Å²) in [6.07, 6.45) is 31.0. The van der Waals surface area contributed by atoms with E-state index in [1.807, 2.05) is 0 Å². The van der Waals surface area contributed by atoms with Gasteiger partial charge in [0.15, 0.2) is 0 Å². The Balaban J connectivity index is 3.89. The van der Waals surface area contributed by atoms with Crippen molar-refractivity contribution < 1.29 is 19.1 Å². The minimum Gasteiger partial charge on any atom is -0.465 e. The molecule has 0 rings (SSSR count). The molecule has 0 radical (unpaired) electrons. The normalized spacial score (nSPS) is 12.8. The van der Waals surface area contributed by atoms with Crippen LogP contribution in [0.25, 0.3) is 0 Å². The van der Waals surface area contributed by atoms with Crippen LogP contribution in [0, 0.1) is 5.92 Å². The monoisotopic (exact) mass is 567 g/mol. The van der Waals surface area contributed by atoms with E-state index in [0.29, 0.717) is 25.4 Å². The van der Waals surface area contributed by atoms with Crippen molar-refractivity contribution in [3.05, 3.63) is 0 Å². The van der Waals surface area contributed by atoms with E-state index in [-0.39, 0.29) is 18.0 Å². The van der Waals surface area contributed by atoms with Crippen LogP contribution < -0.4 is 0 Å². The molecule has 0 amide bonds. The summed E-state index contributed by atoms with van der Waals surface area (Å²) in [4.78, 5) is 24.5. The maximum atomic E-state index is 12.4. The number of hydrogen-bond acceptors (Lipinski definition) is 4. The van der Waals surface area contributed by atoms with Crippen LogP contribution in [-0.2, 0) is 19.1 Å². The lowest BCUT2D eigenvalue weighted by Gasteiger charge is -2.18. The third-order valence-electron chi connectivity index (χ3n) is 8.34. The Labute approximate surface area is 250 Å². The zero-order valence-electron chi connectivity index (χ0n) is 27.6. The van der Waals surface area contributed by atoms with E-state index < -0.39 is 0 Å². The Morgan fingerprint density at radius 3 is 1.40 bits per heavy atom. The maximum absolute atomic E-state index is 12.4. The van der Waals surface area contributed by atoms with Crippen LogP contribution in [0.15, 0.2) is 0 Å². The number of carbonyl (C=O) groups is 2. The number of carbonyl (C=O) groups excluding carboxylic acids is 2. The Hall–Kier alpha value is -1.06. The third-order valence-corrected chi connectivity index (χ3v) is 8.34. The van der Waals surface area contributed by atoms with Gasteiger partial charge in [0, 0.05) is 12.8 Å². The van der Waals surface area contributed by atoms with Gasteiger partial charge in [0.05, 0.1) is 6.61 Å². The number of unbranched alkanes of at least 4 members (excludes halogenated alkanes) is 17. The van der Waals surface area contributed by atoms with Crippen molar-refractivity contribution in [2.24, 2.45) is 5.92 Å². The predicted molar refractivity (Wildman–Crippen MR) is 172 cm³/mol. The number of hydrogen-bond donors (Lipinski definition) is 0. The van der Waals surface area contributed by atoms with Gasteiger partial charge in [-0.05, 0) is 50.9 Å². The molecular formula is C36H70O4. The quantitative estimate of drug-likeness (QED) is 0.0618.